The lowest BCUT2D eigenvalue weighted by Crippen LogP contribution is -2.07. The zero-order valence-corrected chi connectivity index (χ0v) is 9.89. The van der Waals surface area contributed by atoms with Gasteiger partial charge in [-0.3, -0.25) is 0 Å². The number of hydrogen-bond donors (Lipinski definition) is 1. The molecule has 0 aliphatic rings. The summed E-state index contributed by atoms with van der Waals surface area (Å²) < 4.78 is 43.2. The Hall–Kier alpha value is -1.98. The van der Waals surface area contributed by atoms with Crippen LogP contribution in [0.3, 0.4) is 0 Å². The minimum atomic E-state index is -1.53. The van der Waals surface area contributed by atoms with Crippen LogP contribution in [0.1, 0.15) is 6.92 Å². The first-order valence-corrected chi connectivity index (χ1v) is 5.09. The summed E-state index contributed by atoms with van der Waals surface area (Å²) in [5.74, 6) is -4.59. The highest BCUT2D eigenvalue weighted by Crippen LogP contribution is 2.19. The van der Waals surface area contributed by atoms with Gasteiger partial charge in [-0.05, 0) is 19.1 Å². The second-order valence-corrected chi connectivity index (χ2v) is 3.48. The zero-order chi connectivity index (χ0) is 13.7. The summed E-state index contributed by atoms with van der Waals surface area (Å²) >= 11 is 0. The predicted molar refractivity (Wildman–Crippen MR) is 60.6 cm³/mol. The van der Waals surface area contributed by atoms with Crippen LogP contribution < -0.4 is 5.32 Å². The van der Waals surface area contributed by atoms with E-state index < -0.39 is 23.4 Å². The molecule has 0 aromatic heterocycles. The molecule has 0 fully saturated rings. The molecule has 98 valence electrons. The predicted octanol–water partition coefficient (Wildman–Crippen LogP) is 2.64. The van der Waals surface area contributed by atoms with E-state index in [1.165, 1.54) is 20.1 Å². The van der Waals surface area contributed by atoms with Crippen LogP contribution in [0.4, 0.5) is 18.9 Å². The smallest absolute Gasteiger partial charge is 0.333 e. The highest BCUT2D eigenvalue weighted by atomic mass is 19.2. The van der Waals surface area contributed by atoms with Gasteiger partial charge in [-0.25, -0.2) is 18.0 Å². The summed E-state index contributed by atoms with van der Waals surface area (Å²) in [7, 11) is 1.24. The van der Waals surface area contributed by atoms with Crippen LogP contribution in [0.15, 0.2) is 23.8 Å². The van der Waals surface area contributed by atoms with Crippen molar-refractivity contribution in [1.29, 1.82) is 0 Å². The second kappa shape index (κ2) is 6.09. The van der Waals surface area contributed by atoms with E-state index in [9.17, 15) is 18.0 Å². The van der Waals surface area contributed by atoms with Crippen molar-refractivity contribution in [1.82, 2.24) is 0 Å². The van der Waals surface area contributed by atoms with E-state index in [1.807, 2.05) is 0 Å². The average molecular weight is 259 g/mol. The van der Waals surface area contributed by atoms with Crippen molar-refractivity contribution in [3.63, 3.8) is 0 Å². The molecular formula is C12H12F3NO2. The van der Waals surface area contributed by atoms with E-state index in [-0.39, 0.29) is 12.2 Å². The molecule has 1 rings (SSSR count). The highest BCUT2D eigenvalue weighted by molar-refractivity contribution is 5.87. The lowest BCUT2D eigenvalue weighted by atomic mass is 10.2. The second-order valence-electron chi connectivity index (χ2n) is 3.48. The van der Waals surface area contributed by atoms with Gasteiger partial charge in [0.05, 0.1) is 12.8 Å². The molecule has 0 atom stereocenters. The molecule has 1 N–H and O–H groups in total. The number of carbonyl (C=O) groups is 1. The molecule has 0 saturated carbocycles. The molecule has 0 aliphatic heterocycles. The summed E-state index contributed by atoms with van der Waals surface area (Å²) in [6, 6.07) is 1.90. The molecule has 0 aliphatic carbocycles. The number of ether oxygens (including phenoxy) is 1. The number of rotatable bonds is 4. The van der Waals surface area contributed by atoms with Crippen LogP contribution >= 0.6 is 0 Å². The maximum atomic E-state index is 13.2. The monoisotopic (exact) mass is 259 g/mol. The van der Waals surface area contributed by atoms with Crippen molar-refractivity contribution in [3.05, 3.63) is 41.2 Å². The molecule has 0 amide bonds. The Bertz CT molecular complexity index is 486. The summed E-state index contributed by atoms with van der Waals surface area (Å²) in [5.41, 5.74) is 0.149. The Kier molecular flexibility index (Phi) is 4.76. The number of methoxy groups -OCH3 is 1. The fraction of sp³-hybridized carbons (Fsp3) is 0.250. The van der Waals surface area contributed by atoms with Gasteiger partial charge in [-0.15, -0.1) is 0 Å². The van der Waals surface area contributed by atoms with Crippen molar-refractivity contribution >= 4 is 11.7 Å². The molecule has 6 heteroatoms. The Morgan fingerprint density at radius 2 is 2.00 bits per heavy atom. The van der Waals surface area contributed by atoms with Crippen LogP contribution in [0, 0.1) is 17.5 Å². The van der Waals surface area contributed by atoms with E-state index in [0.29, 0.717) is 5.57 Å². The molecule has 0 heterocycles. The van der Waals surface area contributed by atoms with Gasteiger partial charge in [0.1, 0.15) is 0 Å². The third-order valence-electron chi connectivity index (χ3n) is 2.24. The van der Waals surface area contributed by atoms with Gasteiger partial charge in [-0.1, -0.05) is 6.08 Å². The van der Waals surface area contributed by atoms with E-state index in [0.717, 1.165) is 12.1 Å². The molecular weight excluding hydrogens is 247 g/mol. The Balaban J connectivity index is 2.71. The first kappa shape index (κ1) is 14.1. The number of benzene rings is 1. The van der Waals surface area contributed by atoms with Gasteiger partial charge in [0.25, 0.3) is 0 Å². The Labute approximate surface area is 102 Å². The van der Waals surface area contributed by atoms with Crippen molar-refractivity contribution in [3.8, 4) is 0 Å². The molecule has 0 radical (unpaired) electrons. The van der Waals surface area contributed by atoms with E-state index in [4.69, 9.17) is 0 Å². The highest BCUT2D eigenvalue weighted by Gasteiger charge is 2.12. The van der Waals surface area contributed by atoms with Crippen LogP contribution in [0.2, 0.25) is 0 Å². The first-order valence-electron chi connectivity index (χ1n) is 5.09. The molecule has 1 aromatic rings. The molecule has 0 spiro atoms. The van der Waals surface area contributed by atoms with Crippen LogP contribution in [-0.4, -0.2) is 19.6 Å². The van der Waals surface area contributed by atoms with Crippen LogP contribution in [-0.2, 0) is 9.53 Å². The van der Waals surface area contributed by atoms with Gasteiger partial charge in [0.2, 0.25) is 0 Å². The van der Waals surface area contributed by atoms with Gasteiger partial charge in [0, 0.05) is 12.1 Å². The molecule has 0 unspecified atom stereocenters. The van der Waals surface area contributed by atoms with Crippen molar-refractivity contribution in [2.75, 3.05) is 19.0 Å². The average Bonchev–Trinajstić information content (AvgIpc) is 2.37. The quantitative estimate of drug-likeness (QED) is 0.513. The van der Waals surface area contributed by atoms with Crippen LogP contribution in [0.25, 0.3) is 0 Å². The fourth-order valence-corrected chi connectivity index (χ4v) is 1.22. The maximum Gasteiger partial charge on any atom is 0.333 e. The maximum absolute atomic E-state index is 13.2. The van der Waals surface area contributed by atoms with E-state index in [1.54, 1.807) is 0 Å². The lowest BCUT2D eigenvalue weighted by molar-refractivity contribution is -0.136. The summed E-state index contributed by atoms with van der Waals surface area (Å²) in [6.07, 6.45) is 1.45. The standard InChI is InChI=1S/C12H12F3NO2/c1-7(12(17)18-2)5-6-16-9-4-3-8(13)10(14)11(9)15/h3-5,16H,6H2,1-2H3/b7-5+. The van der Waals surface area contributed by atoms with Crippen molar-refractivity contribution in [2.24, 2.45) is 0 Å². The van der Waals surface area contributed by atoms with Gasteiger partial charge < -0.3 is 10.1 Å². The SMILES string of the molecule is COC(=O)/C(C)=C/CNc1ccc(F)c(F)c1F. The molecule has 0 bridgehead atoms. The number of esters is 1. The molecule has 1 aromatic carbocycles. The minimum Gasteiger partial charge on any atom is -0.466 e. The topological polar surface area (TPSA) is 38.3 Å². The summed E-state index contributed by atoms with van der Waals surface area (Å²) in [6.45, 7) is 1.61. The lowest BCUT2D eigenvalue weighted by Gasteiger charge is -2.06. The van der Waals surface area contributed by atoms with Gasteiger partial charge in [0.15, 0.2) is 17.5 Å². The normalized spacial score (nSPS) is 11.3. The van der Waals surface area contributed by atoms with E-state index in [2.05, 4.69) is 10.1 Å². The summed E-state index contributed by atoms with van der Waals surface area (Å²) in [4.78, 5) is 11.0. The number of hydrogen-bond acceptors (Lipinski definition) is 3. The largest absolute Gasteiger partial charge is 0.466 e. The van der Waals surface area contributed by atoms with Gasteiger partial charge in [-0.2, -0.15) is 0 Å². The third-order valence-corrected chi connectivity index (χ3v) is 2.24. The van der Waals surface area contributed by atoms with E-state index >= 15 is 0 Å². The molecule has 18 heavy (non-hydrogen) atoms. The molecule has 0 saturated heterocycles. The fourth-order valence-electron chi connectivity index (χ4n) is 1.22. The Morgan fingerprint density at radius 1 is 1.33 bits per heavy atom. The number of nitrogens with one attached hydrogen (secondary N) is 1. The molecule has 3 nitrogen and oxygen atoms in total. The third kappa shape index (κ3) is 3.26. The van der Waals surface area contributed by atoms with Crippen LogP contribution in [0.5, 0.6) is 0 Å². The number of halogens is 3. The minimum absolute atomic E-state index is 0.0862. The van der Waals surface area contributed by atoms with Gasteiger partial charge >= 0.3 is 5.97 Å². The summed E-state index contributed by atoms with van der Waals surface area (Å²) in [5, 5.41) is 2.53. The number of carbonyl (C=O) groups excluding carboxylic acids is 1. The zero-order valence-electron chi connectivity index (χ0n) is 9.89. The Morgan fingerprint density at radius 3 is 2.61 bits per heavy atom. The number of anilines is 1. The first-order chi connectivity index (χ1) is 8.47. The van der Waals surface area contributed by atoms with Crippen molar-refractivity contribution < 1.29 is 22.7 Å². The van der Waals surface area contributed by atoms with Crippen molar-refractivity contribution in [2.45, 2.75) is 6.92 Å².